The Morgan fingerprint density at radius 2 is 1.42 bits per heavy atom. The van der Waals surface area contributed by atoms with Gasteiger partial charge in [-0.3, -0.25) is 4.40 Å². The molecule has 0 spiro atoms. The molecule has 0 saturated carbocycles. The average molecular weight is 356 g/mol. The molecular formula is C20H12F4N2. The molecule has 0 saturated heterocycles. The Morgan fingerprint density at radius 1 is 0.769 bits per heavy atom. The van der Waals surface area contributed by atoms with Gasteiger partial charge < -0.3 is 0 Å². The number of pyridine rings is 1. The number of rotatable bonds is 2. The minimum atomic E-state index is -4.38. The molecule has 2 aromatic carbocycles. The van der Waals surface area contributed by atoms with Crippen LogP contribution in [0.4, 0.5) is 17.6 Å². The first-order valence-corrected chi connectivity index (χ1v) is 7.84. The van der Waals surface area contributed by atoms with E-state index in [0.717, 1.165) is 23.2 Å². The van der Waals surface area contributed by atoms with Crippen molar-refractivity contribution in [2.24, 2.45) is 0 Å². The Labute approximate surface area is 146 Å². The second-order valence-electron chi connectivity index (χ2n) is 5.82. The predicted molar refractivity (Wildman–Crippen MR) is 91.0 cm³/mol. The maximum absolute atomic E-state index is 13.2. The van der Waals surface area contributed by atoms with Crippen LogP contribution in [0.3, 0.4) is 0 Å². The van der Waals surface area contributed by atoms with E-state index in [1.165, 1.54) is 24.3 Å². The fraction of sp³-hybridized carbons (Fsp3) is 0.0500. The van der Waals surface area contributed by atoms with E-state index in [4.69, 9.17) is 0 Å². The van der Waals surface area contributed by atoms with Crippen LogP contribution in [-0.4, -0.2) is 9.38 Å². The van der Waals surface area contributed by atoms with E-state index >= 15 is 0 Å². The molecular weight excluding hydrogens is 344 g/mol. The van der Waals surface area contributed by atoms with Crippen molar-refractivity contribution in [2.75, 3.05) is 0 Å². The van der Waals surface area contributed by atoms with E-state index < -0.39 is 11.7 Å². The second kappa shape index (κ2) is 5.98. The molecule has 0 fully saturated rings. The minimum Gasteiger partial charge on any atom is -0.299 e. The summed E-state index contributed by atoms with van der Waals surface area (Å²) in [6.07, 6.45) is -2.59. The number of fused-ring (bicyclic) bond motifs is 1. The zero-order chi connectivity index (χ0) is 18.3. The summed E-state index contributed by atoms with van der Waals surface area (Å²) in [5.41, 5.74) is 2.01. The third-order valence-electron chi connectivity index (χ3n) is 4.14. The fourth-order valence-corrected chi connectivity index (χ4v) is 2.87. The van der Waals surface area contributed by atoms with E-state index in [-0.39, 0.29) is 5.82 Å². The molecule has 0 amide bonds. The molecule has 0 aliphatic heterocycles. The summed E-state index contributed by atoms with van der Waals surface area (Å²) in [5, 5.41) is 0. The van der Waals surface area contributed by atoms with Gasteiger partial charge in [0, 0.05) is 17.3 Å². The van der Waals surface area contributed by atoms with Gasteiger partial charge in [-0.1, -0.05) is 18.2 Å². The topological polar surface area (TPSA) is 17.3 Å². The van der Waals surface area contributed by atoms with Crippen LogP contribution in [0.1, 0.15) is 5.56 Å². The lowest BCUT2D eigenvalue weighted by Gasteiger charge is -2.07. The number of hydrogen-bond donors (Lipinski definition) is 0. The molecule has 0 atom stereocenters. The highest BCUT2D eigenvalue weighted by molar-refractivity contribution is 5.81. The standard InChI is InChI=1S/C20H12F4N2/c21-16-10-6-13(7-11-16)18-17-3-1-2-12-26(17)19(25-18)14-4-8-15(9-5-14)20(22,23)24/h1-12H. The normalized spacial score (nSPS) is 11.8. The minimum absolute atomic E-state index is 0.347. The van der Waals surface area contributed by atoms with E-state index in [2.05, 4.69) is 4.98 Å². The van der Waals surface area contributed by atoms with Gasteiger partial charge in [0.25, 0.3) is 0 Å². The molecule has 0 unspecified atom stereocenters. The Bertz CT molecular complexity index is 1060. The van der Waals surface area contributed by atoms with Gasteiger partial charge in [-0.2, -0.15) is 13.2 Å². The third-order valence-corrected chi connectivity index (χ3v) is 4.14. The van der Waals surface area contributed by atoms with Crippen LogP contribution in [0, 0.1) is 5.82 Å². The molecule has 2 aromatic heterocycles. The van der Waals surface area contributed by atoms with Crippen LogP contribution in [0.25, 0.3) is 28.2 Å². The van der Waals surface area contributed by atoms with Gasteiger partial charge >= 0.3 is 6.18 Å². The second-order valence-corrected chi connectivity index (χ2v) is 5.82. The van der Waals surface area contributed by atoms with Crippen LogP contribution in [0.5, 0.6) is 0 Å². The molecule has 0 N–H and O–H groups in total. The SMILES string of the molecule is Fc1ccc(-c2nc(-c3ccc(C(F)(F)F)cc3)n3ccccc23)cc1. The highest BCUT2D eigenvalue weighted by Gasteiger charge is 2.30. The van der Waals surface area contributed by atoms with Gasteiger partial charge in [0.2, 0.25) is 0 Å². The molecule has 2 heterocycles. The predicted octanol–water partition coefficient (Wildman–Crippen LogP) is 5.83. The van der Waals surface area contributed by atoms with Gasteiger partial charge in [0.1, 0.15) is 11.6 Å². The molecule has 26 heavy (non-hydrogen) atoms. The number of imidazole rings is 1. The Balaban J connectivity index is 1.87. The largest absolute Gasteiger partial charge is 0.416 e. The van der Waals surface area contributed by atoms with Crippen LogP contribution in [-0.2, 0) is 6.18 Å². The van der Waals surface area contributed by atoms with Crippen molar-refractivity contribution in [2.45, 2.75) is 6.18 Å². The van der Waals surface area contributed by atoms with Crippen LogP contribution < -0.4 is 0 Å². The number of nitrogens with zero attached hydrogens (tertiary/aromatic N) is 2. The summed E-state index contributed by atoms with van der Waals surface area (Å²) in [4.78, 5) is 4.61. The van der Waals surface area contributed by atoms with Crippen LogP contribution in [0.15, 0.2) is 72.9 Å². The maximum Gasteiger partial charge on any atom is 0.416 e. The lowest BCUT2D eigenvalue weighted by atomic mass is 10.1. The van der Waals surface area contributed by atoms with Crippen molar-refractivity contribution >= 4 is 5.52 Å². The molecule has 130 valence electrons. The average Bonchev–Trinajstić information content (AvgIpc) is 3.01. The van der Waals surface area contributed by atoms with E-state index in [1.54, 1.807) is 22.7 Å². The maximum atomic E-state index is 13.2. The third kappa shape index (κ3) is 2.83. The number of halogens is 4. The van der Waals surface area contributed by atoms with Gasteiger partial charge in [0.15, 0.2) is 0 Å². The fourth-order valence-electron chi connectivity index (χ4n) is 2.87. The van der Waals surface area contributed by atoms with E-state index in [1.807, 2.05) is 18.2 Å². The summed E-state index contributed by atoms with van der Waals surface area (Å²) in [6, 6.07) is 16.4. The lowest BCUT2D eigenvalue weighted by Crippen LogP contribution is -2.04. The number of aromatic nitrogens is 2. The molecule has 0 radical (unpaired) electrons. The van der Waals surface area contributed by atoms with Gasteiger partial charge in [-0.15, -0.1) is 0 Å². The quantitative estimate of drug-likeness (QED) is 0.413. The summed E-state index contributed by atoms with van der Waals surface area (Å²) in [6.45, 7) is 0. The summed E-state index contributed by atoms with van der Waals surface area (Å²) in [7, 11) is 0. The van der Waals surface area contributed by atoms with Crippen LogP contribution >= 0.6 is 0 Å². The highest BCUT2D eigenvalue weighted by atomic mass is 19.4. The van der Waals surface area contributed by atoms with Gasteiger partial charge in [-0.25, -0.2) is 9.37 Å². The van der Waals surface area contributed by atoms with Gasteiger partial charge in [0.05, 0.1) is 16.8 Å². The lowest BCUT2D eigenvalue weighted by molar-refractivity contribution is -0.137. The summed E-state index contributed by atoms with van der Waals surface area (Å²) >= 11 is 0. The smallest absolute Gasteiger partial charge is 0.299 e. The highest BCUT2D eigenvalue weighted by Crippen LogP contribution is 2.33. The Kier molecular flexibility index (Phi) is 3.76. The monoisotopic (exact) mass is 356 g/mol. The molecule has 0 bridgehead atoms. The van der Waals surface area contributed by atoms with Gasteiger partial charge in [-0.05, 0) is 48.5 Å². The van der Waals surface area contributed by atoms with Crippen molar-refractivity contribution in [3.05, 3.63) is 84.3 Å². The van der Waals surface area contributed by atoms with Crippen molar-refractivity contribution in [3.8, 4) is 22.6 Å². The molecule has 4 rings (SSSR count). The molecule has 2 nitrogen and oxygen atoms in total. The van der Waals surface area contributed by atoms with Crippen molar-refractivity contribution in [1.82, 2.24) is 9.38 Å². The first-order chi connectivity index (χ1) is 12.4. The van der Waals surface area contributed by atoms with Crippen molar-refractivity contribution in [1.29, 1.82) is 0 Å². The van der Waals surface area contributed by atoms with E-state index in [9.17, 15) is 17.6 Å². The first kappa shape index (κ1) is 16.3. The summed E-state index contributed by atoms with van der Waals surface area (Å²) in [5.74, 6) is 0.175. The number of hydrogen-bond acceptors (Lipinski definition) is 1. The van der Waals surface area contributed by atoms with E-state index in [0.29, 0.717) is 17.1 Å². The van der Waals surface area contributed by atoms with Crippen molar-refractivity contribution in [3.63, 3.8) is 0 Å². The zero-order valence-corrected chi connectivity index (χ0v) is 13.3. The molecule has 4 aromatic rings. The molecule has 0 aliphatic rings. The Hall–Kier alpha value is -3.15. The Morgan fingerprint density at radius 3 is 2.08 bits per heavy atom. The van der Waals surface area contributed by atoms with Crippen molar-refractivity contribution < 1.29 is 17.6 Å². The first-order valence-electron chi connectivity index (χ1n) is 7.84. The molecule has 6 heteroatoms. The van der Waals surface area contributed by atoms with Crippen LogP contribution in [0.2, 0.25) is 0 Å². The summed E-state index contributed by atoms with van der Waals surface area (Å²) < 4.78 is 53.4. The number of alkyl halides is 3. The molecule has 0 aliphatic carbocycles. The zero-order valence-electron chi connectivity index (χ0n) is 13.3. The number of benzene rings is 2.